The highest BCUT2D eigenvalue weighted by molar-refractivity contribution is 5.96. The van der Waals surface area contributed by atoms with Crippen LogP contribution in [0.15, 0.2) is 18.2 Å². The van der Waals surface area contributed by atoms with Crippen LogP contribution >= 0.6 is 0 Å². The van der Waals surface area contributed by atoms with Gasteiger partial charge in [-0.15, -0.1) is 0 Å². The molecule has 0 spiro atoms. The number of hydrazine groups is 1. The number of benzene rings is 1. The second-order valence-electron chi connectivity index (χ2n) is 9.22. The average molecular weight is 377 g/mol. The van der Waals surface area contributed by atoms with Crippen molar-refractivity contribution in [2.75, 3.05) is 31.0 Å². The van der Waals surface area contributed by atoms with Gasteiger partial charge in [0.25, 0.3) is 5.91 Å². The average Bonchev–Trinajstić information content (AvgIpc) is 2.53. The van der Waals surface area contributed by atoms with E-state index in [9.17, 15) is 9.59 Å². The topological polar surface area (TPSA) is 73.9 Å². The first-order chi connectivity index (χ1) is 12.3. The molecule has 0 saturated carbocycles. The Kier molecular flexibility index (Phi) is 5.87. The molecule has 2 rings (SSSR count). The van der Waals surface area contributed by atoms with E-state index < -0.39 is 0 Å². The van der Waals surface area contributed by atoms with Crippen molar-refractivity contribution in [3.05, 3.63) is 23.8 Å². The highest BCUT2D eigenvalue weighted by Crippen LogP contribution is 2.35. The predicted octanol–water partition coefficient (Wildman–Crippen LogP) is 3.32. The summed E-state index contributed by atoms with van der Waals surface area (Å²) in [5.41, 5.74) is 5.23. The second-order valence-corrected chi connectivity index (χ2v) is 9.22. The SMILES string of the molecule is CN(C)C(=O)Nc1ccc(N2NC(C(C)(C)C)OCC2=O)c(C(C)(C)C)c1. The second kappa shape index (κ2) is 7.48. The number of carbonyl (C=O) groups is 2. The highest BCUT2D eigenvalue weighted by Gasteiger charge is 2.36. The Labute approximate surface area is 162 Å². The molecule has 2 N–H and O–H groups in total. The number of anilines is 2. The van der Waals surface area contributed by atoms with Gasteiger partial charge in [-0.3, -0.25) is 4.79 Å². The van der Waals surface area contributed by atoms with Crippen molar-refractivity contribution in [1.29, 1.82) is 0 Å². The van der Waals surface area contributed by atoms with E-state index in [1.807, 2.05) is 18.2 Å². The van der Waals surface area contributed by atoms with Gasteiger partial charge in [0.2, 0.25) is 0 Å². The van der Waals surface area contributed by atoms with Crippen LogP contribution in [-0.4, -0.2) is 43.8 Å². The highest BCUT2D eigenvalue weighted by atomic mass is 16.5. The van der Waals surface area contributed by atoms with Crippen LogP contribution in [-0.2, 0) is 14.9 Å². The van der Waals surface area contributed by atoms with E-state index in [1.165, 1.54) is 4.90 Å². The molecule has 1 saturated heterocycles. The number of amides is 3. The molecule has 1 atom stereocenters. The Balaban J connectivity index is 2.43. The molecule has 27 heavy (non-hydrogen) atoms. The van der Waals surface area contributed by atoms with E-state index in [2.05, 4.69) is 52.3 Å². The number of carbonyl (C=O) groups excluding carboxylic acids is 2. The van der Waals surface area contributed by atoms with E-state index in [0.29, 0.717) is 5.69 Å². The first kappa shape index (κ1) is 21.2. The molecular weight excluding hydrogens is 344 g/mol. The zero-order valence-electron chi connectivity index (χ0n) is 17.6. The Morgan fingerprint density at radius 3 is 2.37 bits per heavy atom. The van der Waals surface area contributed by atoms with Gasteiger partial charge in [-0.05, 0) is 29.2 Å². The molecule has 0 aliphatic carbocycles. The molecule has 1 aliphatic heterocycles. The lowest BCUT2D eigenvalue weighted by molar-refractivity contribution is -0.140. The summed E-state index contributed by atoms with van der Waals surface area (Å²) in [5.74, 6) is -0.147. The molecule has 0 aromatic heterocycles. The van der Waals surface area contributed by atoms with E-state index in [4.69, 9.17) is 4.74 Å². The Morgan fingerprint density at radius 1 is 1.22 bits per heavy atom. The molecule has 1 unspecified atom stereocenters. The molecule has 7 heteroatoms. The molecular formula is C20H32N4O3. The molecule has 1 aromatic rings. The van der Waals surface area contributed by atoms with Crippen molar-refractivity contribution in [3.8, 4) is 0 Å². The van der Waals surface area contributed by atoms with Crippen molar-refractivity contribution in [1.82, 2.24) is 10.3 Å². The molecule has 1 heterocycles. The summed E-state index contributed by atoms with van der Waals surface area (Å²) in [6.45, 7) is 12.4. The van der Waals surface area contributed by atoms with E-state index in [-0.39, 0.29) is 35.6 Å². The van der Waals surface area contributed by atoms with Crippen LogP contribution in [0.4, 0.5) is 16.2 Å². The van der Waals surface area contributed by atoms with Gasteiger partial charge in [-0.2, -0.15) is 5.43 Å². The first-order valence-electron chi connectivity index (χ1n) is 9.14. The lowest BCUT2D eigenvalue weighted by Gasteiger charge is -2.41. The van der Waals surface area contributed by atoms with Crippen LogP contribution in [0.5, 0.6) is 0 Å². The third kappa shape index (κ3) is 4.99. The van der Waals surface area contributed by atoms with Crippen LogP contribution in [0.25, 0.3) is 0 Å². The summed E-state index contributed by atoms with van der Waals surface area (Å²) in [4.78, 5) is 26.0. The molecule has 3 amide bonds. The van der Waals surface area contributed by atoms with Crippen molar-refractivity contribution in [3.63, 3.8) is 0 Å². The van der Waals surface area contributed by atoms with Crippen LogP contribution in [0.2, 0.25) is 0 Å². The first-order valence-corrected chi connectivity index (χ1v) is 9.14. The quantitative estimate of drug-likeness (QED) is 0.830. The van der Waals surface area contributed by atoms with Crippen molar-refractivity contribution in [2.24, 2.45) is 5.41 Å². The summed E-state index contributed by atoms with van der Waals surface area (Å²) in [7, 11) is 3.38. The van der Waals surface area contributed by atoms with Gasteiger partial charge in [0, 0.05) is 25.2 Å². The molecule has 1 aliphatic rings. The lowest BCUT2D eigenvalue weighted by Crippen LogP contribution is -2.60. The normalized spacial score (nSPS) is 18.4. The van der Waals surface area contributed by atoms with Crippen molar-refractivity contribution in [2.45, 2.75) is 53.2 Å². The van der Waals surface area contributed by atoms with Crippen LogP contribution < -0.4 is 15.8 Å². The van der Waals surface area contributed by atoms with Crippen LogP contribution in [0.1, 0.15) is 47.1 Å². The maximum Gasteiger partial charge on any atom is 0.321 e. The minimum absolute atomic E-state index is 0.0254. The minimum atomic E-state index is -0.281. The fraction of sp³-hybridized carbons (Fsp3) is 0.600. The molecule has 0 bridgehead atoms. The molecule has 7 nitrogen and oxygen atoms in total. The summed E-state index contributed by atoms with van der Waals surface area (Å²) < 4.78 is 5.67. The minimum Gasteiger partial charge on any atom is -0.351 e. The van der Waals surface area contributed by atoms with Gasteiger partial charge >= 0.3 is 6.03 Å². The number of urea groups is 1. The van der Waals surface area contributed by atoms with E-state index in [0.717, 1.165) is 11.3 Å². The maximum absolute atomic E-state index is 12.6. The van der Waals surface area contributed by atoms with E-state index >= 15 is 0 Å². The Morgan fingerprint density at radius 2 is 1.85 bits per heavy atom. The fourth-order valence-corrected chi connectivity index (χ4v) is 2.74. The van der Waals surface area contributed by atoms with Gasteiger partial charge in [0.1, 0.15) is 12.8 Å². The molecule has 150 valence electrons. The summed E-state index contributed by atoms with van der Waals surface area (Å²) in [5, 5.41) is 4.45. The van der Waals surface area contributed by atoms with Gasteiger partial charge < -0.3 is 15.0 Å². The summed E-state index contributed by atoms with van der Waals surface area (Å²) in [6.07, 6.45) is -0.281. The van der Waals surface area contributed by atoms with Gasteiger partial charge in [0.05, 0.1) is 5.69 Å². The largest absolute Gasteiger partial charge is 0.351 e. The zero-order valence-corrected chi connectivity index (χ0v) is 17.6. The number of ether oxygens (including phenoxy) is 1. The Bertz CT molecular complexity index is 717. The summed E-state index contributed by atoms with van der Waals surface area (Å²) in [6, 6.07) is 5.40. The zero-order chi connectivity index (χ0) is 20.6. The smallest absolute Gasteiger partial charge is 0.321 e. The number of nitrogens with zero attached hydrogens (tertiary/aromatic N) is 2. The van der Waals surface area contributed by atoms with E-state index in [1.54, 1.807) is 19.1 Å². The Hall–Kier alpha value is -2.12. The third-order valence-electron chi connectivity index (χ3n) is 4.36. The number of hydrogen-bond donors (Lipinski definition) is 2. The fourth-order valence-electron chi connectivity index (χ4n) is 2.74. The van der Waals surface area contributed by atoms with Crippen molar-refractivity contribution >= 4 is 23.3 Å². The molecule has 1 fully saturated rings. The van der Waals surface area contributed by atoms with Crippen molar-refractivity contribution < 1.29 is 14.3 Å². The van der Waals surface area contributed by atoms with Gasteiger partial charge in [0.15, 0.2) is 0 Å². The summed E-state index contributed by atoms with van der Waals surface area (Å²) >= 11 is 0. The van der Waals surface area contributed by atoms with Crippen LogP contribution in [0.3, 0.4) is 0 Å². The maximum atomic E-state index is 12.6. The van der Waals surface area contributed by atoms with Crippen LogP contribution in [0, 0.1) is 5.41 Å². The lowest BCUT2D eigenvalue weighted by atomic mass is 9.85. The predicted molar refractivity (Wildman–Crippen MR) is 108 cm³/mol. The number of nitrogens with one attached hydrogen (secondary N) is 2. The molecule has 1 aromatic carbocycles. The number of hydrogen-bond acceptors (Lipinski definition) is 4. The molecule has 0 radical (unpaired) electrons. The van der Waals surface area contributed by atoms with Gasteiger partial charge in [-0.1, -0.05) is 41.5 Å². The third-order valence-corrected chi connectivity index (χ3v) is 4.36. The number of rotatable bonds is 2. The monoisotopic (exact) mass is 376 g/mol. The van der Waals surface area contributed by atoms with Gasteiger partial charge in [-0.25, -0.2) is 9.80 Å². The standard InChI is InChI=1S/C20H32N4O3/c1-19(2,3)14-11-13(21-18(26)23(7)8)9-10-15(14)24-16(25)12-27-17(22-24)20(4,5)6/h9-11,17,22H,12H2,1-8H3,(H,21,26).